The fourth-order valence-corrected chi connectivity index (χ4v) is 6.36. The SMILES string of the molecule is O=S(=O)(c1cc(Cl)ccc1Cl)N1CCN(c2nc(-c3ccc(F)c(Cl)c3)cs2)CC1. The number of nitrogens with zero attached hydrogens (tertiary/aromatic N) is 3. The number of hydrogen-bond donors (Lipinski definition) is 0. The minimum atomic E-state index is -3.74. The summed E-state index contributed by atoms with van der Waals surface area (Å²) in [4.78, 5) is 6.63. The van der Waals surface area contributed by atoms with Crippen LogP contribution in [0.2, 0.25) is 15.1 Å². The van der Waals surface area contributed by atoms with Gasteiger partial charge in [0, 0.05) is 42.1 Å². The van der Waals surface area contributed by atoms with E-state index in [1.807, 2.05) is 10.3 Å². The molecule has 0 radical (unpaired) electrons. The van der Waals surface area contributed by atoms with Crippen molar-refractivity contribution in [3.63, 3.8) is 0 Å². The molecule has 0 spiro atoms. The zero-order valence-electron chi connectivity index (χ0n) is 15.4. The molecule has 3 aromatic rings. The van der Waals surface area contributed by atoms with Gasteiger partial charge >= 0.3 is 0 Å². The van der Waals surface area contributed by atoms with Gasteiger partial charge in [-0.3, -0.25) is 0 Å². The van der Waals surface area contributed by atoms with Gasteiger partial charge in [0.2, 0.25) is 10.0 Å². The van der Waals surface area contributed by atoms with Crippen LogP contribution in [0.25, 0.3) is 11.3 Å². The molecular formula is C19H15Cl3FN3O2S2. The highest BCUT2D eigenvalue weighted by atomic mass is 35.5. The van der Waals surface area contributed by atoms with Gasteiger partial charge in [0.05, 0.1) is 15.7 Å². The summed E-state index contributed by atoms with van der Waals surface area (Å²) in [5, 5.41) is 3.13. The molecule has 1 fully saturated rings. The van der Waals surface area contributed by atoms with Crippen molar-refractivity contribution in [1.29, 1.82) is 0 Å². The molecule has 1 saturated heterocycles. The number of sulfonamides is 1. The molecule has 1 aliphatic heterocycles. The molecule has 2 aromatic carbocycles. The van der Waals surface area contributed by atoms with Crippen molar-refractivity contribution >= 4 is 61.3 Å². The van der Waals surface area contributed by atoms with E-state index in [-0.39, 0.29) is 14.9 Å². The summed E-state index contributed by atoms with van der Waals surface area (Å²) in [6.45, 7) is 1.55. The number of benzene rings is 2. The Hall–Kier alpha value is -1.42. The van der Waals surface area contributed by atoms with Crippen LogP contribution in [0.15, 0.2) is 46.7 Å². The molecular weight excluding hydrogens is 492 g/mol. The highest BCUT2D eigenvalue weighted by molar-refractivity contribution is 7.89. The van der Waals surface area contributed by atoms with E-state index in [1.54, 1.807) is 12.1 Å². The second kappa shape index (κ2) is 8.61. The van der Waals surface area contributed by atoms with Gasteiger partial charge in [0.15, 0.2) is 5.13 Å². The summed E-state index contributed by atoms with van der Waals surface area (Å²) < 4.78 is 40.7. The lowest BCUT2D eigenvalue weighted by Gasteiger charge is -2.34. The zero-order chi connectivity index (χ0) is 21.5. The number of aromatic nitrogens is 1. The Kier molecular flexibility index (Phi) is 6.25. The first-order valence-electron chi connectivity index (χ1n) is 8.87. The molecule has 0 aliphatic carbocycles. The van der Waals surface area contributed by atoms with Crippen LogP contribution in [-0.2, 0) is 10.0 Å². The molecule has 5 nitrogen and oxygen atoms in total. The lowest BCUT2D eigenvalue weighted by atomic mass is 10.2. The average molecular weight is 507 g/mol. The summed E-state index contributed by atoms with van der Waals surface area (Å²) in [6.07, 6.45) is 0. The molecule has 0 amide bonds. The molecule has 4 rings (SSSR count). The predicted molar refractivity (Wildman–Crippen MR) is 120 cm³/mol. The molecule has 0 atom stereocenters. The van der Waals surface area contributed by atoms with Crippen LogP contribution in [0.5, 0.6) is 0 Å². The van der Waals surface area contributed by atoms with Crippen LogP contribution in [0.1, 0.15) is 0 Å². The second-order valence-electron chi connectivity index (χ2n) is 6.61. The Morgan fingerprint density at radius 3 is 2.40 bits per heavy atom. The van der Waals surface area contributed by atoms with Crippen molar-refractivity contribution in [2.75, 3.05) is 31.1 Å². The summed E-state index contributed by atoms with van der Waals surface area (Å²) in [5.74, 6) is -0.479. The number of anilines is 1. The minimum absolute atomic E-state index is 0.00911. The Morgan fingerprint density at radius 2 is 1.70 bits per heavy atom. The van der Waals surface area contributed by atoms with E-state index < -0.39 is 15.8 Å². The number of rotatable bonds is 4. The van der Waals surface area contributed by atoms with Gasteiger partial charge in [-0.2, -0.15) is 4.31 Å². The quantitative estimate of drug-likeness (QED) is 0.474. The van der Waals surface area contributed by atoms with E-state index >= 15 is 0 Å². The third-order valence-corrected chi connectivity index (χ3v) is 8.53. The molecule has 1 aromatic heterocycles. The van der Waals surface area contributed by atoms with Crippen molar-refractivity contribution in [1.82, 2.24) is 9.29 Å². The van der Waals surface area contributed by atoms with Crippen LogP contribution in [-0.4, -0.2) is 43.9 Å². The summed E-state index contributed by atoms with van der Waals surface area (Å²) in [7, 11) is -3.74. The maximum absolute atomic E-state index is 13.4. The first-order valence-corrected chi connectivity index (χ1v) is 12.3. The fraction of sp³-hybridized carbons (Fsp3) is 0.211. The molecule has 30 heavy (non-hydrogen) atoms. The van der Waals surface area contributed by atoms with Crippen molar-refractivity contribution in [3.05, 3.63) is 62.7 Å². The second-order valence-corrected chi connectivity index (χ2v) is 10.6. The van der Waals surface area contributed by atoms with Gasteiger partial charge in [-0.1, -0.05) is 34.8 Å². The first-order chi connectivity index (χ1) is 14.3. The van der Waals surface area contributed by atoms with Crippen LogP contribution in [0.3, 0.4) is 0 Å². The van der Waals surface area contributed by atoms with Gasteiger partial charge in [-0.05, 0) is 36.4 Å². The van der Waals surface area contributed by atoms with E-state index in [0.29, 0.717) is 36.9 Å². The van der Waals surface area contributed by atoms with Crippen LogP contribution >= 0.6 is 46.1 Å². The van der Waals surface area contributed by atoms with E-state index in [0.717, 1.165) is 10.7 Å². The molecule has 11 heteroatoms. The van der Waals surface area contributed by atoms with Crippen molar-refractivity contribution in [2.45, 2.75) is 4.90 Å². The molecule has 0 unspecified atom stereocenters. The van der Waals surface area contributed by atoms with E-state index in [9.17, 15) is 12.8 Å². The first kappa shape index (κ1) is 21.8. The summed E-state index contributed by atoms with van der Waals surface area (Å²) in [6, 6.07) is 8.86. The predicted octanol–water partition coefficient (Wildman–Crippen LogP) is 5.42. The molecule has 2 heterocycles. The third kappa shape index (κ3) is 4.30. The molecule has 0 bridgehead atoms. The lowest BCUT2D eigenvalue weighted by molar-refractivity contribution is 0.385. The highest BCUT2D eigenvalue weighted by Crippen LogP contribution is 2.32. The standard InChI is InChI=1S/C19H15Cl3FN3O2S2/c20-13-2-3-14(21)18(10-13)30(27,28)26-7-5-25(6-8-26)19-24-17(11-29-19)12-1-4-16(23)15(22)9-12/h1-4,9-11H,5-8H2. The van der Waals surface area contributed by atoms with E-state index in [1.165, 1.54) is 39.9 Å². The van der Waals surface area contributed by atoms with Gasteiger partial charge < -0.3 is 4.90 Å². The average Bonchev–Trinajstić information content (AvgIpc) is 3.22. The number of piperazine rings is 1. The largest absolute Gasteiger partial charge is 0.345 e. The third-order valence-electron chi connectivity index (χ3n) is 4.73. The van der Waals surface area contributed by atoms with Gasteiger partial charge in [-0.25, -0.2) is 17.8 Å². The summed E-state index contributed by atoms with van der Waals surface area (Å²) >= 11 is 19.3. The molecule has 1 aliphatic rings. The minimum Gasteiger partial charge on any atom is -0.345 e. The van der Waals surface area contributed by atoms with Crippen LogP contribution in [0.4, 0.5) is 9.52 Å². The van der Waals surface area contributed by atoms with Crippen molar-refractivity contribution in [2.24, 2.45) is 0 Å². The van der Waals surface area contributed by atoms with E-state index in [2.05, 4.69) is 4.98 Å². The van der Waals surface area contributed by atoms with Gasteiger partial charge in [0.1, 0.15) is 10.7 Å². The smallest absolute Gasteiger partial charge is 0.244 e. The Morgan fingerprint density at radius 1 is 0.967 bits per heavy atom. The maximum atomic E-state index is 13.4. The van der Waals surface area contributed by atoms with Gasteiger partial charge in [0.25, 0.3) is 0 Å². The van der Waals surface area contributed by atoms with Crippen LogP contribution < -0.4 is 4.90 Å². The van der Waals surface area contributed by atoms with E-state index in [4.69, 9.17) is 34.8 Å². The topological polar surface area (TPSA) is 53.5 Å². The lowest BCUT2D eigenvalue weighted by Crippen LogP contribution is -2.48. The fourth-order valence-electron chi connectivity index (χ4n) is 3.13. The summed E-state index contributed by atoms with van der Waals surface area (Å²) in [5.41, 5.74) is 1.42. The van der Waals surface area contributed by atoms with Gasteiger partial charge in [-0.15, -0.1) is 11.3 Å². The number of thiazole rings is 1. The van der Waals surface area contributed by atoms with Crippen molar-refractivity contribution < 1.29 is 12.8 Å². The van der Waals surface area contributed by atoms with Crippen molar-refractivity contribution in [3.8, 4) is 11.3 Å². The Bertz CT molecular complexity index is 1200. The maximum Gasteiger partial charge on any atom is 0.244 e. The number of halogens is 4. The molecule has 0 N–H and O–H groups in total. The normalized spacial score (nSPS) is 15.5. The molecule has 158 valence electrons. The highest BCUT2D eigenvalue weighted by Gasteiger charge is 2.31. The van der Waals surface area contributed by atoms with Crippen LogP contribution in [0, 0.1) is 5.82 Å². The Balaban J connectivity index is 1.48. The monoisotopic (exact) mass is 505 g/mol. The number of hydrogen-bond acceptors (Lipinski definition) is 5. The molecule has 0 saturated carbocycles. The Labute approximate surface area is 192 Å². The zero-order valence-corrected chi connectivity index (χ0v) is 19.3.